The van der Waals surface area contributed by atoms with Gasteiger partial charge in [0.15, 0.2) is 0 Å². The summed E-state index contributed by atoms with van der Waals surface area (Å²) in [5.74, 6) is -0.640. The molecule has 12 heavy (non-hydrogen) atoms. The normalized spacial score (nSPS) is 9.92. The molecule has 0 bridgehead atoms. The lowest BCUT2D eigenvalue weighted by molar-refractivity contribution is 0.109. The van der Waals surface area contributed by atoms with Gasteiger partial charge in [-0.25, -0.2) is 4.39 Å². The lowest BCUT2D eigenvalue weighted by atomic mass is 10.2. The predicted molar refractivity (Wildman–Crippen MR) is 49.1 cm³/mol. The summed E-state index contributed by atoms with van der Waals surface area (Å²) in [5.41, 5.74) is 5.20. The summed E-state index contributed by atoms with van der Waals surface area (Å²) in [6, 6.07) is 2.15. The van der Waals surface area contributed by atoms with E-state index in [1.807, 2.05) is 0 Å². The molecule has 0 aromatic heterocycles. The second-order valence-corrected chi connectivity index (χ2v) is 2.97. The molecule has 0 atom stereocenters. The fraction of sp³-hybridized carbons (Fsp3) is 0. The number of rotatable bonds is 1. The van der Waals surface area contributed by atoms with Crippen LogP contribution < -0.4 is 5.73 Å². The minimum atomic E-state index is -0.640. The second-order valence-electron chi connectivity index (χ2n) is 2.16. The third-order valence-corrected chi connectivity index (χ3v) is 1.87. The van der Waals surface area contributed by atoms with Crippen LogP contribution in [0.4, 0.5) is 10.1 Å². The van der Waals surface area contributed by atoms with Crippen molar-refractivity contribution in [2.45, 2.75) is 0 Å². The van der Waals surface area contributed by atoms with Crippen LogP contribution in [0.2, 0.25) is 5.02 Å². The Morgan fingerprint density at radius 3 is 2.67 bits per heavy atom. The molecule has 1 rings (SSSR count). The van der Waals surface area contributed by atoms with Crippen molar-refractivity contribution in [3.05, 3.63) is 28.5 Å². The summed E-state index contributed by atoms with van der Waals surface area (Å²) in [7, 11) is 0. The van der Waals surface area contributed by atoms with Gasteiger partial charge in [-0.05, 0) is 12.1 Å². The first-order valence-corrected chi connectivity index (χ1v) is 3.82. The Bertz CT molecular complexity index is 342. The van der Waals surface area contributed by atoms with Crippen LogP contribution in [0.15, 0.2) is 12.1 Å². The van der Waals surface area contributed by atoms with Crippen LogP contribution in [-0.2, 0) is 0 Å². The first-order chi connectivity index (χ1) is 5.52. The largest absolute Gasteiger partial charge is 0.396 e. The molecule has 0 spiro atoms. The number of thiol groups is 1. The van der Waals surface area contributed by atoms with Crippen molar-refractivity contribution in [3.63, 3.8) is 0 Å². The average molecular weight is 206 g/mol. The highest BCUT2D eigenvalue weighted by molar-refractivity contribution is 7.97. The zero-order chi connectivity index (χ0) is 9.30. The van der Waals surface area contributed by atoms with E-state index in [-0.39, 0.29) is 16.3 Å². The molecule has 0 amide bonds. The Morgan fingerprint density at radius 2 is 2.17 bits per heavy atom. The third kappa shape index (κ3) is 1.70. The van der Waals surface area contributed by atoms with Crippen LogP contribution in [0, 0.1) is 5.82 Å². The number of hydrogen-bond acceptors (Lipinski definition) is 2. The second kappa shape index (κ2) is 3.33. The molecule has 1 aromatic carbocycles. The number of hydrogen-bond donors (Lipinski definition) is 2. The van der Waals surface area contributed by atoms with Crippen LogP contribution in [0.5, 0.6) is 0 Å². The summed E-state index contributed by atoms with van der Waals surface area (Å²) < 4.78 is 12.7. The number of halogens is 2. The van der Waals surface area contributed by atoms with Gasteiger partial charge >= 0.3 is 0 Å². The fourth-order valence-electron chi connectivity index (χ4n) is 0.730. The maximum Gasteiger partial charge on any atom is 0.217 e. The van der Waals surface area contributed by atoms with Crippen molar-refractivity contribution in [1.29, 1.82) is 0 Å². The third-order valence-electron chi connectivity index (χ3n) is 1.32. The molecule has 2 N–H and O–H groups in total. The van der Waals surface area contributed by atoms with Gasteiger partial charge in [-0.3, -0.25) is 4.79 Å². The van der Waals surface area contributed by atoms with Gasteiger partial charge in [0.25, 0.3) is 0 Å². The highest BCUT2D eigenvalue weighted by Gasteiger charge is 2.09. The topological polar surface area (TPSA) is 43.1 Å². The minimum absolute atomic E-state index is 0.0155. The fourth-order valence-corrected chi connectivity index (χ4v) is 1.22. The van der Waals surface area contributed by atoms with Crippen molar-refractivity contribution in [2.75, 3.05) is 5.73 Å². The molecule has 0 fully saturated rings. The molecular weight excluding hydrogens is 201 g/mol. The maximum atomic E-state index is 12.7. The zero-order valence-electron chi connectivity index (χ0n) is 5.84. The number of nitrogens with two attached hydrogens (primary N) is 1. The molecule has 2 nitrogen and oxygen atoms in total. The molecule has 0 aliphatic rings. The molecule has 0 aliphatic heterocycles. The average Bonchev–Trinajstić information content (AvgIpc) is 1.96. The van der Waals surface area contributed by atoms with Crippen LogP contribution in [-0.4, -0.2) is 5.12 Å². The number of anilines is 1. The van der Waals surface area contributed by atoms with Gasteiger partial charge in [0.05, 0.1) is 10.7 Å². The summed E-state index contributed by atoms with van der Waals surface area (Å²) in [6.45, 7) is 0. The van der Waals surface area contributed by atoms with E-state index in [1.54, 1.807) is 0 Å². The predicted octanol–water partition coefficient (Wildman–Crippen LogP) is 2.13. The molecule has 0 unspecified atom stereocenters. The minimum Gasteiger partial charge on any atom is -0.396 e. The Balaban J connectivity index is 3.33. The monoisotopic (exact) mass is 205 g/mol. The van der Waals surface area contributed by atoms with Crippen molar-refractivity contribution in [3.8, 4) is 0 Å². The van der Waals surface area contributed by atoms with Gasteiger partial charge in [0, 0.05) is 5.56 Å². The van der Waals surface area contributed by atoms with Crippen LogP contribution >= 0.6 is 24.2 Å². The molecule has 0 saturated heterocycles. The van der Waals surface area contributed by atoms with Crippen LogP contribution in [0.3, 0.4) is 0 Å². The maximum absolute atomic E-state index is 12.7. The Morgan fingerprint density at radius 1 is 1.58 bits per heavy atom. The molecule has 0 heterocycles. The smallest absolute Gasteiger partial charge is 0.217 e. The number of carbonyl (C=O) groups is 1. The van der Waals surface area contributed by atoms with E-state index in [1.165, 1.54) is 0 Å². The Labute approximate surface area is 78.9 Å². The van der Waals surface area contributed by atoms with Gasteiger partial charge < -0.3 is 5.73 Å². The number of nitrogen functional groups attached to an aromatic ring is 1. The van der Waals surface area contributed by atoms with E-state index in [4.69, 9.17) is 17.3 Å². The molecule has 0 saturated carbocycles. The quantitative estimate of drug-likeness (QED) is 0.545. The summed E-state index contributed by atoms with van der Waals surface area (Å²) >= 11 is 9.07. The van der Waals surface area contributed by atoms with Crippen molar-refractivity contribution >= 4 is 35.0 Å². The Hall–Kier alpha value is -0.740. The summed E-state index contributed by atoms with van der Waals surface area (Å²) in [6.07, 6.45) is 0. The first kappa shape index (κ1) is 9.35. The SMILES string of the molecule is Nc1cc(C(=O)S)c(Cl)cc1F. The highest BCUT2D eigenvalue weighted by atomic mass is 35.5. The van der Waals surface area contributed by atoms with Gasteiger partial charge in [-0.2, -0.15) is 0 Å². The van der Waals surface area contributed by atoms with Crippen molar-refractivity contribution < 1.29 is 9.18 Å². The van der Waals surface area contributed by atoms with E-state index < -0.39 is 10.9 Å². The molecule has 1 aromatic rings. The van der Waals surface area contributed by atoms with Gasteiger partial charge in [0.2, 0.25) is 5.12 Å². The number of benzene rings is 1. The lowest BCUT2D eigenvalue weighted by Crippen LogP contribution is -1.97. The van der Waals surface area contributed by atoms with Gasteiger partial charge in [-0.15, -0.1) is 12.6 Å². The highest BCUT2D eigenvalue weighted by Crippen LogP contribution is 2.23. The Kier molecular flexibility index (Phi) is 2.59. The van der Waals surface area contributed by atoms with Crippen LogP contribution in [0.25, 0.3) is 0 Å². The molecule has 64 valence electrons. The van der Waals surface area contributed by atoms with Gasteiger partial charge in [-0.1, -0.05) is 11.6 Å². The van der Waals surface area contributed by atoms with E-state index in [9.17, 15) is 9.18 Å². The lowest BCUT2D eigenvalue weighted by Gasteiger charge is -2.01. The van der Waals surface area contributed by atoms with Crippen molar-refractivity contribution in [1.82, 2.24) is 0 Å². The van der Waals surface area contributed by atoms with Crippen molar-refractivity contribution in [2.24, 2.45) is 0 Å². The molecule has 0 aliphatic carbocycles. The van der Waals surface area contributed by atoms with E-state index in [0.717, 1.165) is 12.1 Å². The van der Waals surface area contributed by atoms with E-state index in [2.05, 4.69) is 12.6 Å². The summed E-state index contributed by atoms with van der Waals surface area (Å²) in [4.78, 5) is 10.7. The molecule has 0 radical (unpaired) electrons. The van der Waals surface area contributed by atoms with Gasteiger partial charge in [0.1, 0.15) is 5.82 Å². The number of carbonyl (C=O) groups excluding carboxylic acids is 1. The zero-order valence-corrected chi connectivity index (χ0v) is 7.49. The van der Waals surface area contributed by atoms with E-state index >= 15 is 0 Å². The van der Waals surface area contributed by atoms with E-state index in [0.29, 0.717) is 0 Å². The molecule has 5 heteroatoms. The summed E-state index contributed by atoms with van der Waals surface area (Å²) in [5, 5.41) is -0.520. The molecular formula is C7H5ClFNOS. The standard InChI is InChI=1S/C7H5ClFNOS/c8-4-2-5(9)6(10)1-3(4)7(11)12/h1-2H,10H2,(H,11,12). The van der Waals surface area contributed by atoms with Crippen LogP contribution in [0.1, 0.15) is 10.4 Å². The first-order valence-electron chi connectivity index (χ1n) is 3.00.